The lowest BCUT2D eigenvalue weighted by atomic mass is 10.2. The minimum absolute atomic E-state index is 0.195. The first-order valence-electron chi connectivity index (χ1n) is 6.61. The maximum absolute atomic E-state index is 13.6. The molecule has 0 spiro atoms. The standard InChI is InChI=1S/C15H16FN3OS/c1-3-13(21-14-8-10(2)17-9-18-14)15(20)19-12-7-5-4-6-11(12)16/h4-9,13H,3H2,1-2H3,(H,19,20)/t13-/m0/s1. The van der Waals surface area contributed by atoms with Crippen molar-refractivity contribution in [1.82, 2.24) is 9.97 Å². The molecule has 1 heterocycles. The van der Waals surface area contributed by atoms with Crippen LogP contribution in [0.2, 0.25) is 0 Å². The molecule has 6 heteroatoms. The summed E-state index contributed by atoms with van der Waals surface area (Å²) in [5, 5.41) is 3.02. The Hall–Kier alpha value is -1.95. The zero-order valence-electron chi connectivity index (χ0n) is 11.8. The third-order valence-electron chi connectivity index (χ3n) is 2.84. The van der Waals surface area contributed by atoms with E-state index in [1.54, 1.807) is 18.2 Å². The third kappa shape index (κ3) is 4.26. The summed E-state index contributed by atoms with van der Waals surface area (Å²) in [4.78, 5) is 20.4. The average molecular weight is 305 g/mol. The summed E-state index contributed by atoms with van der Waals surface area (Å²) in [6.07, 6.45) is 2.09. The molecule has 1 amide bonds. The fourth-order valence-electron chi connectivity index (χ4n) is 1.74. The summed E-state index contributed by atoms with van der Waals surface area (Å²) >= 11 is 1.35. The molecule has 110 valence electrons. The Morgan fingerprint density at radius 3 is 2.81 bits per heavy atom. The average Bonchev–Trinajstić information content (AvgIpc) is 2.47. The van der Waals surface area contributed by atoms with E-state index in [-0.39, 0.29) is 16.8 Å². The summed E-state index contributed by atoms with van der Waals surface area (Å²) < 4.78 is 13.6. The number of aromatic nitrogens is 2. The van der Waals surface area contributed by atoms with Gasteiger partial charge in [-0.15, -0.1) is 0 Å². The molecule has 21 heavy (non-hydrogen) atoms. The van der Waals surface area contributed by atoms with Crippen LogP contribution in [-0.2, 0) is 4.79 Å². The van der Waals surface area contributed by atoms with E-state index < -0.39 is 5.82 Å². The lowest BCUT2D eigenvalue weighted by Crippen LogP contribution is -2.25. The highest BCUT2D eigenvalue weighted by Crippen LogP contribution is 2.25. The molecular weight excluding hydrogens is 289 g/mol. The van der Waals surface area contributed by atoms with Gasteiger partial charge < -0.3 is 5.32 Å². The molecule has 1 atom stereocenters. The maximum Gasteiger partial charge on any atom is 0.237 e. The van der Waals surface area contributed by atoms with Crippen LogP contribution in [0.3, 0.4) is 0 Å². The number of nitrogens with one attached hydrogen (secondary N) is 1. The second kappa shape index (κ2) is 7.17. The maximum atomic E-state index is 13.6. The number of benzene rings is 1. The normalized spacial score (nSPS) is 12.0. The van der Waals surface area contributed by atoms with Crippen LogP contribution in [-0.4, -0.2) is 21.1 Å². The highest BCUT2D eigenvalue weighted by atomic mass is 32.2. The number of halogens is 1. The van der Waals surface area contributed by atoms with Crippen LogP contribution < -0.4 is 5.32 Å². The lowest BCUT2D eigenvalue weighted by molar-refractivity contribution is -0.115. The first-order chi connectivity index (χ1) is 10.1. The Morgan fingerprint density at radius 2 is 2.14 bits per heavy atom. The van der Waals surface area contributed by atoms with Gasteiger partial charge in [0.15, 0.2) is 0 Å². The molecule has 1 aromatic heterocycles. The number of amides is 1. The van der Waals surface area contributed by atoms with Gasteiger partial charge in [0.1, 0.15) is 17.2 Å². The first kappa shape index (κ1) is 15.4. The number of aryl methyl sites for hydroxylation is 1. The molecule has 0 bridgehead atoms. The van der Waals surface area contributed by atoms with E-state index in [2.05, 4.69) is 15.3 Å². The topological polar surface area (TPSA) is 54.9 Å². The van der Waals surface area contributed by atoms with E-state index in [0.29, 0.717) is 6.42 Å². The number of carbonyl (C=O) groups excluding carboxylic acids is 1. The van der Waals surface area contributed by atoms with Crippen molar-refractivity contribution in [3.8, 4) is 0 Å². The molecule has 0 saturated carbocycles. The minimum Gasteiger partial charge on any atom is -0.323 e. The van der Waals surface area contributed by atoms with E-state index in [1.165, 1.54) is 24.2 Å². The molecule has 2 aromatic rings. The zero-order chi connectivity index (χ0) is 15.2. The second-order valence-corrected chi connectivity index (χ2v) is 5.70. The molecule has 0 saturated heterocycles. The summed E-state index contributed by atoms with van der Waals surface area (Å²) in [5.41, 5.74) is 1.04. The second-order valence-electron chi connectivity index (χ2n) is 4.48. The van der Waals surface area contributed by atoms with E-state index in [0.717, 1.165) is 10.7 Å². The number of carbonyl (C=O) groups is 1. The molecule has 0 unspecified atom stereocenters. The molecule has 0 aliphatic heterocycles. The Morgan fingerprint density at radius 1 is 1.38 bits per heavy atom. The van der Waals surface area contributed by atoms with Crippen molar-refractivity contribution in [3.63, 3.8) is 0 Å². The molecule has 0 radical (unpaired) electrons. The van der Waals surface area contributed by atoms with Gasteiger partial charge in [-0.25, -0.2) is 14.4 Å². The van der Waals surface area contributed by atoms with E-state index in [1.807, 2.05) is 19.9 Å². The predicted molar refractivity (Wildman–Crippen MR) is 81.7 cm³/mol. The van der Waals surface area contributed by atoms with Crippen molar-refractivity contribution >= 4 is 23.4 Å². The van der Waals surface area contributed by atoms with Crippen LogP contribution in [0.5, 0.6) is 0 Å². The Bertz CT molecular complexity index is 636. The van der Waals surface area contributed by atoms with Gasteiger partial charge in [-0.2, -0.15) is 0 Å². The first-order valence-corrected chi connectivity index (χ1v) is 7.48. The molecule has 1 N–H and O–H groups in total. The number of nitrogens with zero attached hydrogens (tertiary/aromatic N) is 2. The van der Waals surface area contributed by atoms with Crippen molar-refractivity contribution in [2.75, 3.05) is 5.32 Å². The highest BCUT2D eigenvalue weighted by Gasteiger charge is 2.19. The number of thioether (sulfide) groups is 1. The van der Waals surface area contributed by atoms with Crippen molar-refractivity contribution in [2.45, 2.75) is 30.5 Å². The Balaban J connectivity index is 2.07. The molecule has 0 fully saturated rings. The van der Waals surface area contributed by atoms with Gasteiger partial charge in [-0.05, 0) is 31.5 Å². The largest absolute Gasteiger partial charge is 0.323 e. The fourth-order valence-corrected chi connectivity index (χ4v) is 2.71. The minimum atomic E-state index is -0.441. The van der Waals surface area contributed by atoms with Gasteiger partial charge in [-0.3, -0.25) is 4.79 Å². The highest BCUT2D eigenvalue weighted by molar-refractivity contribution is 8.00. The van der Waals surface area contributed by atoms with Gasteiger partial charge in [0.05, 0.1) is 10.9 Å². The van der Waals surface area contributed by atoms with Crippen molar-refractivity contribution < 1.29 is 9.18 Å². The predicted octanol–water partition coefficient (Wildman–Crippen LogP) is 3.43. The summed E-state index contributed by atoms with van der Waals surface area (Å²) in [7, 11) is 0. The van der Waals surface area contributed by atoms with E-state index in [4.69, 9.17) is 0 Å². The Kier molecular flexibility index (Phi) is 5.27. The molecule has 1 aromatic carbocycles. The van der Waals surface area contributed by atoms with Crippen LogP contribution in [0.1, 0.15) is 19.0 Å². The third-order valence-corrected chi connectivity index (χ3v) is 4.13. The fraction of sp³-hybridized carbons (Fsp3) is 0.267. The van der Waals surface area contributed by atoms with Crippen LogP contribution >= 0.6 is 11.8 Å². The van der Waals surface area contributed by atoms with E-state index >= 15 is 0 Å². The smallest absolute Gasteiger partial charge is 0.237 e. The summed E-state index contributed by atoms with van der Waals surface area (Å²) in [6, 6.07) is 7.95. The van der Waals surface area contributed by atoms with Crippen LogP contribution in [0.25, 0.3) is 0 Å². The molecular formula is C15H16FN3OS. The SMILES string of the molecule is CC[C@H](Sc1cc(C)ncn1)C(=O)Nc1ccccc1F. The number of para-hydroxylation sites is 1. The summed E-state index contributed by atoms with van der Waals surface area (Å²) in [6.45, 7) is 3.78. The molecule has 0 aliphatic rings. The number of anilines is 1. The molecule has 4 nitrogen and oxygen atoms in total. The van der Waals surface area contributed by atoms with Crippen molar-refractivity contribution in [3.05, 3.63) is 48.2 Å². The van der Waals surface area contributed by atoms with Gasteiger partial charge in [0.2, 0.25) is 5.91 Å². The quantitative estimate of drug-likeness (QED) is 0.679. The van der Waals surface area contributed by atoms with Crippen molar-refractivity contribution in [2.24, 2.45) is 0 Å². The van der Waals surface area contributed by atoms with Gasteiger partial charge in [-0.1, -0.05) is 30.8 Å². The van der Waals surface area contributed by atoms with Crippen LogP contribution in [0.4, 0.5) is 10.1 Å². The molecule has 2 rings (SSSR count). The van der Waals surface area contributed by atoms with Gasteiger partial charge >= 0.3 is 0 Å². The van der Waals surface area contributed by atoms with Gasteiger partial charge in [0.25, 0.3) is 0 Å². The Labute approximate surface area is 127 Å². The van der Waals surface area contributed by atoms with Crippen LogP contribution in [0.15, 0.2) is 41.7 Å². The summed E-state index contributed by atoms with van der Waals surface area (Å²) in [5.74, 6) is -0.674. The van der Waals surface area contributed by atoms with Crippen LogP contribution in [0, 0.1) is 12.7 Å². The molecule has 0 aliphatic carbocycles. The lowest BCUT2D eigenvalue weighted by Gasteiger charge is -2.14. The number of hydrogen-bond acceptors (Lipinski definition) is 4. The van der Waals surface area contributed by atoms with Crippen molar-refractivity contribution in [1.29, 1.82) is 0 Å². The van der Waals surface area contributed by atoms with E-state index in [9.17, 15) is 9.18 Å². The number of hydrogen-bond donors (Lipinski definition) is 1. The zero-order valence-corrected chi connectivity index (χ0v) is 12.7. The number of rotatable bonds is 5. The monoisotopic (exact) mass is 305 g/mol. The van der Waals surface area contributed by atoms with Gasteiger partial charge in [0, 0.05) is 5.69 Å².